The lowest BCUT2D eigenvalue weighted by atomic mass is 10.2. The first-order chi connectivity index (χ1) is 6.63. The van der Waals surface area contributed by atoms with Gasteiger partial charge in [0.15, 0.2) is 0 Å². The molecule has 1 unspecified atom stereocenters. The van der Waals surface area contributed by atoms with Gasteiger partial charge in [0.2, 0.25) is 0 Å². The largest absolute Gasteiger partial charge is 0.275 e. The zero-order chi connectivity index (χ0) is 10.6. The van der Waals surface area contributed by atoms with Crippen LogP contribution in [0.2, 0.25) is 0 Å². The molecule has 0 aliphatic heterocycles. The molecule has 3 N–H and O–H groups in total. The van der Waals surface area contributed by atoms with Crippen LogP contribution in [0.25, 0.3) is 0 Å². The lowest BCUT2D eigenvalue weighted by Crippen LogP contribution is -2.29. The summed E-state index contributed by atoms with van der Waals surface area (Å²) in [5.41, 5.74) is 3.95. The first-order valence-corrected chi connectivity index (χ1v) is 5.74. The standard InChI is InChI=1S/C9H18N4S/c1-7(2)14-6-9(12-10)8-4-11-13(3)5-8/h4-5,7,9,12H,6,10H2,1-3H3. The molecular formula is C9H18N4S. The number of nitrogens with one attached hydrogen (secondary N) is 1. The highest BCUT2D eigenvalue weighted by molar-refractivity contribution is 7.99. The third kappa shape index (κ3) is 3.32. The van der Waals surface area contributed by atoms with Crippen LogP contribution in [-0.4, -0.2) is 20.8 Å². The molecular weight excluding hydrogens is 196 g/mol. The lowest BCUT2D eigenvalue weighted by Gasteiger charge is -2.14. The highest BCUT2D eigenvalue weighted by Crippen LogP contribution is 2.19. The number of aryl methyl sites for hydroxylation is 1. The monoisotopic (exact) mass is 214 g/mol. The average Bonchev–Trinajstić information content (AvgIpc) is 2.53. The maximum absolute atomic E-state index is 5.50. The number of nitrogens with zero attached hydrogens (tertiary/aromatic N) is 2. The van der Waals surface area contributed by atoms with Crippen molar-refractivity contribution in [3.8, 4) is 0 Å². The van der Waals surface area contributed by atoms with Crippen molar-refractivity contribution in [1.29, 1.82) is 0 Å². The second-order valence-electron chi connectivity index (χ2n) is 3.55. The molecule has 1 rings (SSSR count). The van der Waals surface area contributed by atoms with Gasteiger partial charge in [0.1, 0.15) is 0 Å². The van der Waals surface area contributed by atoms with Gasteiger partial charge in [0, 0.05) is 24.6 Å². The molecule has 0 aromatic carbocycles. The SMILES string of the molecule is CC(C)SCC(NN)c1cnn(C)c1. The van der Waals surface area contributed by atoms with Crippen LogP contribution in [0.1, 0.15) is 25.5 Å². The quantitative estimate of drug-likeness (QED) is 0.568. The Labute approximate surface area is 89.2 Å². The molecule has 80 valence electrons. The van der Waals surface area contributed by atoms with E-state index in [0.717, 1.165) is 11.3 Å². The van der Waals surface area contributed by atoms with Gasteiger partial charge in [-0.05, 0) is 5.25 Å². The van der Waals surface area contributed by atoms with Crippen molar-refractivity contribution >= 4 is 11.8 Å². The van der Waals surface area contributed by atoms with Crippen LogP contribution in [-0.2, 0) is 7.05 Å². The van der Waals surface area contributed by atoms with Crippen molar-refractivity contribution in [3.05, 3.63) is 18.0 Å². The van der Waals surface area contributed by atoms with Gasteiger partial charge in [-0.25, -0.2) is 0 Å². The van der Waals surface area contributed by atoms with Crippen molar-refractivity contribution < 1.29 is 0 Å². The number of hydrogen-bond donors (Lipinski definition) is 2. The Bertz CT molecular complexity index is 272. The number of rotatable bonds is 5. The third-order valence-electron chi connectivity index (χ3n) is 1.92. The fourth-order valence-electron chi connectivity index (χ4n) is 1.15. The maximum Gasteiger partial charge on any atom is 0.0581 e. The molecule has 0 aliphatic rings. The zero-order valence-electron chi connectivity index (χ0n) is 8.90. The van der Waals surface area contributed by atoms with E-state index in [9.17, 15) is 0 Å². The smallest absolute Gasteiger partial charge is 0.0581 e. The molecule has 4 nitrogen and oxygen atoms in total. The molecule has 5 heteroatoms. The summed E-state index contributed by atoms with van der Waals surface area (Å²) in [5.74, 6) is 6.47. The van der Waals surface area contributed by atoms with Crippen LogP contribution in [0.4, 0.5) is 0 Å². The minimum atomic E-state index is 0.191. The molecule has 0 bridgehead atoms. The number of hydrazine groups is 1. The third-order valence-corrected chi connectivity index (χ3v) is 3.12. The number of hydrogen-bond acceptors (Lipinski definition) is 4. The first kappa shape index (κ1) is 11.6. The van der Waals surface area contributed by atoms with Crippen molar-refractivity contribution in [2.24, 2.45) is 12.9 Å². The maximum atomic E-state index is 5.50. The minimum absolute atomic E-state index is 0.191. The topological polar surface area (TPSA) is 55.9 Å². The summed E-state index contributed by atoms with van der Waals surface area (Å²) >= 11 is 1.89. The van der Waals surface area contributed by atoms with Gasteiger partial charge in [0.05, 0.1) is 12.2 Å². The number of aromatic nitrogens is 2. The van der Waals surface area contributed by atoms with Gasteiger partial charge in [-0.3, -0.25) is 16.0 Å². The number of nitrogens with two attached hydrogens (primary N) is 1. The molecule has 0 amide bonds. The number of thioether (sulfide) groups is 1. The zero-order valence-corrected chi connectivity index (χ0v) is 9.71. The van der Waals surface area contributed by atoms with Gasteiger partial charge < -0.3 is 0 Å². The van der Waals surface area contributed by atoms with Gasteiger partial charge in [-0.1, -0.05) is 13.8 Å². The van der Waals surface area contributed by atoms with E-state index in [4.69, 9.17) is 5.84 Å². The average molecular weight is 214 g/mol. The van der Waals surface area contributed by atoms with Gasteiger partial charge >= 0.3 is 0 Å². The fraction of sp³-hybridized carbons (Fsp3) is 0.667. The van der Waals surface area contributed by atoms with E-state index in [0.29, 0.717) is 5.25 Å². The molecule has 1 aromatic rings. The van der Waals surface area contributed by atoms with E-state index in [-0.39, 0.29) is 6.04 Å². The predicted octanol–water partition coefficient (Wildman–Crippen LogP) is 1.07. The van der Waals surface area contributed by atoms with E-state index in [1.807, 2.05) is 31.2 Å². The summed E-state index contributed by atoms with van der Waals surface area (Å²) in [6.07, 6.45) is 3.84. The Morgan fingerprint density at radius 3 is 2.79 bits per heavy atom. The van der Waals surface area contributed by atoms with Crippen molar-refractivity contribution in [2.75, 3.05) is 5.75 Å². The summed E-state index contributed by atoms with van der Waals surface area (Å²) in [4.78, 5) is 0. The molecule has 0 fully saturated rings. The highest BCUT2D eigenvalue weighted by Gasteiger charge is 2.11. The molecule has 0 aliphatic carbocycles. The Morgan fingerprint density at radius 1 is 1.64 bits per heavy atom. The Balaban J connectivity index is 2.54. The van der Waals surface area contributed by atoms with E-state index in [2.05, 4.69) is 24.4 Å². The molecule has 14 heavy (non-hydrogen) atoms. The Hall–Kier alpha value is -0.520. The van der Waals surface area contributed by atoms with Gasteiger partial charge in [-0.2, -0.15) is 16.9 Å². The van der Waals surface area contributed by atoms with Crippen LogP contribution >= 0.6 is 11.8 Å². The normalized spacial score (nSPS) is 13.5. The highest BCUT2D eigenvalue weighted by atomic mass is 32.2. The van der Waals surface area contributed by atoms with Crippen molar-refractivity contribution in [3.63, 3.8) is 0 Å². The van der Waals surface area contributed by atoms with E-state index in [1.165, 1.54) is 0 Å². The summed E-state index contributed by atoms with van der Waals surface area (Å²) in [7, 11) is 1.91. The summed E-state index contributed by atoms with van der Waals surface area (Å²) in [6, 6.07) is 0.191. The summed E-state index contributed by atoms with van der Waals surface area (Å²) < 4.78 is 1.79. The van der Waals surface area contributed by atoms with E-state index in [1.54, 1.807) is 4.68 Å². The van der Waals surface area contributed by atoms with Crippen LogP contribution < -0.4 is 11.3 Å². The summed E-state index contributed by atoms with van der Waals surface area (Å²) in [6.45, 7) is 4.36. The van der Waals surface area contributed by atoms with Crippen molar-refractivity contribution in [1.82, 2.24) is 15.2 Å². The Morgan fingerprint density at radius 2 is 2.36 bits per heavy atom. The molecule has 1 aromatic heterocycles. The van der Waals surface area contributed by atoms with Crippen LogP contribution in [0.15, 0.2) is 12.4 Å². The molecule has 1 atom stereocenters. The minimum Gasteiger partial charge on any atom is -0.275 e. The van der Waals surface area contributed by atoms with E-state index >= 15 is 0 Å². The second-order valence-corrected chi connectivity index (χ2v) is 5.16. The molecule has 0 radical (unpaired) electrons. The first-order valence-electron chi connectivity index (χ1n) is 4.69. The second kappa shape index (κ2) is 5.38. The molecule has 0 spiro atoms. The Kier molecular flexibility index (Phi) is 4.44. The van der Waals surface area contributed by atoms with Crippen LogP contribution in [0.3, 0.4) is 0 Å². The summed E-state index contributed by atoms with van der Waals surface area (Å²) in [5, 5.41) is 4.75. The lowest BCUT2D eigenvalue weighted by molar-refractivity contribution is 0.609. The van der Waals surface area contributed by atoms with Gasteiger partial charge in [-0.15, -0.1) is 0 Å². The van der Waals surface area contributed by atoms with Gasteiger partial charge in [0.25, 0.3) is 0 Å². The molecule has 0 saturated carbocycles. The van der Waals surface area contributed by atoms with E-state index < -0.39 is 0 Å². The predicted molar refractivity (Wildman–Crippen MR) is 60.9 cm³/mol. The fourth-order valence-corrected chi connectivity index (χ4v) is 2.02. The van der Waals surface area contributed by atoms with Crippen LogP contribution in [0, 0.1) is 0 Å². The molecule has 1 heterocycles. The van der Waals surface area contributed by atoms with Crippen molar-refractivity contribution in [2.45, 2.75) is 25.1 Å². The van der Waals surface area contributed by atoms with Crippen LogP contribution in [0.5, 0.6) is 0 Å². The molecule has 0 saturated heterocycles.